The molecule has 2 amide bonds. The van der Waals surface area contributed by atoms with Gasteiger partial charge in [0, 0.05) is 11.1 Å². The normalized spacial score (nSPS) is 15.2. The van der Waals surface area contributed by atoms with Crippen molar-refractivity contribution in [1.82, 2.24) is 5.32 Å². The summed E-state index contributed by atoms with van der Waals surface area (Å²) in [4.78, 5) is 37.7. The first-order chi connectivity index (χ1) is 15.2. The number of nitrogens with one attached hydrogen (secondary N) is 1. The Hall–Kier alpha value is -3.75. The van der Waals surface area contributed by atoms with Crippen LogP contribution < -0.4 is 15.3 Å². The van der Waals surface area contributed by atoms with E-state index >= 15 is 0 Å². The maximum Gasteiger partial charge on any atom is 0.270 e. The number of carboxylic acid groups (broad SMARTS) is 1. The van der Waals surface area contributed by atoms with Gasteiger partial charge in [-0.25, -0.2) is 0 Å². The van der Waals surface area contributed by atoms with Gasteiger partial charge in [0.25, 0.3) is 11.8 Å². The third kappa shape index (κ3) is 4.05. The van der Waals surface area contributed by atoms with Crippen LogP contribution in [0.2, 0.25) is 5.02 Å². The van der Waals surface area contributed by atoms with Gasteiger partial charge in [0.05, 0.1) is 16.7 Å². The molecule has 7 nitrogen and oxygen atoms in total. The van der Waals surface area contributed by atoms with Crippen molar-refractivity contribution in [2.45, 2.75) is 6.92 Å². The predicted octanol–water partition coefficient (Wildman–Crippen LogP) is 3.10. The highest BCUT2D eigenvalue weighted by Gasteiger charge is 2.34. The molecular formula is C23H14ClN2O5S-. The second kappa shape index (κ2) is 8.41. The number of aromatic carboxylic acids is 1. The standard InChI is InChI=1S/C23H15ClN2O5S/c1-12-2-5-14(6-3-12)26-21(28)17(20(27)25-23(26)32)11-15-7-9-19(31-15)13-4-8-16(22(29)30)18(24)10-13/h2-11H,1H3,(H,29,30)(H,25,27,32)/p-1/b17-11+. The molecule has 9 heteroatoms. The Kier molecular flexibility index (Phi) is 5.65. The van der Waals surface area contributed by atoms with Crippen LogP contribution in [-0.4, -0.2) is 22.9 Å². The van der Waals surface area contributed by atoms with Crippen molar-refractivity contribution < 1.29 is 23.9 Å². The first-order valence-corrected chi connectivity index (χ1v) is 10.1. The lowest BCUT2D eigenvalue weighted by molar-refractivity contribution is -0.255. The molecule has 2 heterocycles. The number of anilines is 1. The lowest BCUT2D eigenvalue weighted by atomic mass is 10.1. The monoisotopic (exact) mass is 465 g/mol. The van der Waals surface area contributed by atoms with E-state index in [1.807, 2.05) is 19.1 Å². The molecule has 32 heavy (non-hydrogen) atoms. The number of carbonyl (C=O) groups excluding carboxylic acids is 3. The Morgan fingerprint density at radius 1 is 1.12 bits per heavy atom. The van der Waals surface area contributed by atoms with E-state index in [0.29, 0.717) is 17.0 Å². The highest BCUT2D eigenvalue weighted by atomic mass is 35.5. The van der Waals surface area contributed by atoms with Crippen molar-refractivity contribution in [1.29, 1.82) is 0 Å². The van der Waals surface area contributed by atoms with E-state index in [1.54, 1.807) is 24.3 Å². The molecule has 1 fully saturated rings. The summed E-state index contributed by atoms with van der Waals surface area (Å²) in [5, 5.41) is 13.5. The summed E-state index contributed by atoms with van der Waals surface area (Å²) in [6.45, 7) is 1.92. The number of hydrogen-bond acceptors (Lipinski definition) is 6. The average molecular weight is 466 g/mol. The first kappa shape index (κ1) is 21.5. The predicted molar refractivity (Wildman–Crippen MR) is 121 cm³/mol. The molecule has 2 aromatic carbocycles. The van der Waals surface area contributed by atoms with Gasteiger partial charge >= 0.3 is 0 Å². The number of thiocarbonyl (C=S) groups is 1. The summed E-state index contributed by atoms with van der Waals surface area (Å²) in [6, 6.07) is 14.6. The van der Waals surface area contributed by atoms with Crippen LogP contribution in [-0.2, 0) is 9.59 Å². The largest absolute Gasteiger partial charge is 0.545 e. The van der Waals surface area contributed by atoms with E-state index in [4.69, 9.17) is 28.2 Å². The summed E-state index contributed by atoms with van der Waals surface area (Å²) in [6.07, 6.45) is 1.32. The number of rotatable bonds is 4. The number of aryl methyl sites for hydroxylation is 1. The zero-order valence-electron chi connectivity index (χ0n) is 16.5. The molecule has 0 saturated carbocycles. The van der Waals surface area contributed by atoms with Crippen LogP contribution in [0.5, 0.6) is 0 Å². The zero-order valence-corrected chi connectivity index (χ0v) is 18.1. The lowest BCUT2D eigenvalue weighted by Gasteiger charge is -2.28. The zero-order chi connectivity index (χ0) is 23.0. The van der Waals surface area contributed by atoms with Crippen LogP contribution in [0.25, 0.3) is 17.4 Å². The van der Waals surface area contributed by atoms with Crippen molar-refractivity contribution >= 4 is 58.5 Å². The highest BCUT2D eigenvalue weighted by Crippen LogP contribution is 2.29. The van der Waals surface area contributed by atoms with E-state index in [9.17, 15) is 19.5 Å². The molecule has 0 atom stereocenters. The molecule has 1 N–H and O–H groups in total. The lowest BCUT2D eigenvalue weighted by Crippen LogP contribution is -2.54. The Morgan fingerprint density at radius 2 is 1.84 bits per heavy atom. The molecule has 160 valence electrons. The third-order valence-corrected chi connectivity index (χ3v) is 5.38. The number of amides is 2. The fraction of sp³-hybridized carbons (Fsp3) is 0.0435. The van der Waals surface area contributed by atoms with Crippen LogP contribution in [0, 0.1) is 6.92 Å². The van der Waals surface area contributed by atoms with Gasteiger partial charge in [-0.05, 0) is 55.5 Å². The number of nitrogens with zero attached hydrogens (tertiary/aromatic N) is 1. The van der Waals surface area contributed by atoms with E-state index in [2.05, 4.69) is 5.32 Å². The number of carboxylic acids is 1. The maximum atomic E-state index is 13.0. The van der Waals surface area contributed by atoms with Gasteiger partial charge < -0.3 is 14.3 Å². The van der Waals surface area contributed by atoms with E-state index in [0.717, 1.165) is 5.56 Å². The highest BCUT2D eigenvalue weighted by molar-refractivity contribution is 7.80. The summed E-state index contributed by atoms with van der Waals surface area (Å²) >= 11 is 11.2. The minimum Gasteiger partial charge on any atom is -0.545 e. The van der Waals surface area contributed by atoms with Crippen LogP contribution >= 0.6 is 23.8 Å². The van der Waals surface area contributed by atoms with Crippen LogP contribution in [0.1, 0.15) is 21.7 Å². The van der Waals surface area contributed by atoms with Crippen molar-refractivity contribution in [3.05, 3.63) is 82.1 Å². The van der Waals surface area contributed by atoms with E-state index in [-0.39, 0.29) is 27.0 Å². The summed E-state index contributed by atoms with van der Waals surface area (Å²) in [7, 11) is 0. The van der Waals surface area contributed by atoms with Crippen molar-refractivity contribution in [2.24, 2.45) is 0 Å². The van der Waals surface area contributed by atoms with Crippen LogP contribution in [0.15, 0.2) is 64.6 Å². The Labute approximate surface area is 192 Å². The quantitative estimate of drug-likeness (QED) is 0.361. The smallest absolute Gasteiger partial charge is 0.270 e. The number of hydrogen-bond donors (Lipinski definition) is 1. The topological polar surface area (TPSA) is 103 Å². The first-order valence-electron chi connectivity index (χ1n) is 9.34. The summed E-state index contributed by atoms with van der Waals surface area (Å²) in [5.74, 6) is -1.98. The fourth-order valence-electron chi connectivity index (χ4n) is 3.15. The molecule has 1 saturated heterocycles. The van der Waals surface area contributed by atoms with Crippen molar-refractivity contribution in [2.75, 3.05) is 4.90 Å². The average Bonchev–Trinajstić information content (AvgIpc) is 3.21. The fourth-order valence-corrected chi connectivity index (χ4v) is 3.69. The van der Waals surface area contributed by atoms with Crippen LogP contribution in [0.3, 0.4) is 0 Å². The number of carbonyl (C=O) groups is 3. The van der Waals surface area contributed by atoms with Gasteiger partial charge in [0.1, 0.15) is 17.1 Å². The Morgan fingerprint density at radius 3 is 2.50 bits per heavy atom. The van der Waals surface area contributed by atoms with Gasteiger partial charge in [-0.3, -0.25) is 19.8 Å². The van der Waals surface area contributed by atoms with E-state index in [1.165, 1.54) is 29.2 Å². The number of furan rings is 1. The van der Waals surface area contributed by atoms with Crippen LogP contribution in [0.4, 0.5) is 5.69 Å². The minimum atomic E-state index is -1.38. The molecule has 0 spiro atoms. The second-order valence-corrected chi connectivity index (χ2v) is 7.77. The Balaban J connectivity index is 1.65. The molecule has 0 bridgehead atoms. The summed E-state index contributed by atoms with van der Waals surface area (Å²) < 4.78 is 5.73. The van der Waals surface area contributed by atoms with Gasteiger partial charge in [-0.2, -0.15) is 0 Å². The molecule has 3 aromatic rings. The maximum absolute atomic E-state index is 13.0. The van der Waals surface area contributed by atoms with Gasteiger partial charge in [-0.1, -0.05) is 41.4 Å². The third-order valence-electron chi connectivity index (χ3n) is 4.78. The van der Waals surface area contributed by atoms with Crippen molar-refractivity contribution in [3.63, 3.8) is 0 Å². The molecule has 1 aromatic heterocycles. The SMILES string of the molecule is Cc1ccc(N2C(=O)/C(=C/c3ccc(-c4ccc(C(=O)[O-])c(Cl)c4)o3)C(=O)NC2=S)cc1. The number of halogens is 1. The Bertz CT molecular complexity index is 1310. The molecule has 1 aliphatic rings. The van der Waals surface area contributed by atoms with E-state index < -0.39 is 17.8 Å². The minimum absolute atomic E-state index is 0.00268. The molecule has 4 rings (SSSR count). The van der Waals surface area contributed by atoms with Gasteiger partial charge in [0.2, 0.25) is 0 Å². The van der Waals surface area contributed by atoms with Gasteiger partial charge in [-0.15, -0.1) is 0 Å². The molecule has 0 unspecified atom stereocenters. The van der Waals surface area contributed by atoms with Gasteiger partial charge in [0.15, 0.2) is 5.11 Å². The van der Waals surface area contributed by atoms with Crippen molar-refractivity contribution in [3.8, 4) is 11.3 Å². The molecule has 1 aliphatic heterocycles. The number of benzene rings is 2. The molecular weight excluding hydrogens is 452 g/mol. The summed E-state index contributed by atoms with van der Waals surface area (Å²) in [5.41, 5.74) is 1.77. The second-order valence-electron chi connectivity index (χ2n) is 6.98. The molecule has 0 aliphatic carbocycles. The molecule has 0 radical (unpaired) electrons.